The van der Waals surface area contributed by atoms with Gasteiger partial charge < -0.3 is 34.8 Å². The summed E-state index contributed by atoms with van der Waals surface area (Å²) in [4.78, 5) is 79.2. The first-order valence-corrected chi connectivity index (χ1v) is 22.3. The minimum atomic E-state index is -4.72. The number of nitrogens with two attached hydrogens (primary N) is 1. The highest BCUT2D eigenvalue weighted by atomic mass is 19.4. The van der Waals surface area contributed by atoms with Crippen molar-refractivity contribution in [2.75, 3.05) is 14.2 Å². The minimum absolute atomic E-state index is 0. The fourth-order valence-electron chi connectivity index (χ4n) is 7.73. The maximum Gasteiger partial charge on any atom is 0.391 e. The van der Waals surface area contributed by atoms with E-state index in [1.807, 2.05) is 50.4 Å². The highest BCUT2D eigenvalue weighted by Gasteiger charge is 2.38. The number of alkyl halides is 6. The second-order valence-electron chi connectivity index (χ2n) is 16.7. The van der Waals surface area contributed by atoms with Crippen LogP contribution in [0.1, 0.15) is 90.7 Å². The lowest BCUT2D eigenvalue weighted by Crippen LogP contribution is -2.41. The van der Waals surface area contributed by atoms with Crippen molar-refractivity contribution in [3.8, 4) is 22.3 Å². The van der Waals surface area contributed by atoms with Gasteiger partial charge in [0.2, 0.25) is 5.91 Å². The van der Waals surface area contributed by atoms with E-state index in [4.69, 9.17) is 15.6 Å². The van der Waals surface area contributed by atoms with Crippen LogP contribution in [0.15, 0.2) is 132 Å². The van der Waals surface area contributed by atoms with Crippen LogP contribution in [0.4, 0.5) is 26.3 Å². The molecular formula is C53H58F6N6O9. The molecule has 6 aromatic rings. The molecule has 0 fully saturated rings. The van der Waals surface area contributed by atoms with E-state index in [-0.39, 0.29) is 26.2 Å². The highest BCUT2D eigenvalue weighted by molar-refractivity contribution is 5.82. The Morgan fingerprint density at radius 3 is 1.45 bits per heavy atom. The molecule has 0 saturated heterocycles. The smallest absolute Gasteiger partial charge is 0.391 e. The van der Waals surface area contributed by atoms with E-state index in [1.54, 1.807) is 18.5 Å². The van der Waals surface area contributed by atoms with Gasteiger partial charge in [0.15, 0.2) is 0 Å². The SMILES string of the molecule is C.COC(=O)CC(N)c1cncc(-c2c(C)cccc2C)c1.COC(=O)CC(NC(=O)C(CC(F)(F)F)n1ccccc1=O)c1cncc(-c2c(C)cccc2C)c1.O=C(O)C(CC(F)(F)F)n1ccccc1=O. The summed E-state index contributed by atoms with van der Waals surface area (Å²) in [6.45, 7) is 8.01. The molecule has 6 rings (SSSR count). The maximum absolute atomic E-state index is 13.3. The van der Waals surface area contributed by atoms with Crippen molar-refractivity contribution in [1.29, 1.82) is 0 Å². The van der Waals surface area contributed by atoms with Crippen LogP contribution in [0, 0.1) is 27.7 Å². The van der Waals surface area contributed by atoms with Crippen molar-refractivity contribution < 1.29 is 60.1 Å². The zero-order valence-electron chi connectivity index (χ0n) is 40.5. The number of nitrogens with zero attached hydrogens (tertiary/aromatic N) is 4. The summed E-state index contributed by atoms with van der Waals surface area (Å²) in [6.07, 6.45) is -3.97. The predicted octanol–water partition coefficient (Wildman–Crippen LogP) is 9.43. The van der Waals surface area contributed by atoms with E-state index in [0.717, 1.165) is 68.0 Å². The van der Waals surface area contributed by atoms with Crippen LogP contribution in [0.3, 0.4) is 0 Å². The van der Waals surface area contributed by atoms with Crippen LogP contribution in [0.25, 0.3) is 22.3 Å². The number of aromatic nitrogens is 4. The minimum Gasteiger partial charge on any atom is -0.480 e. The molecule has 0 spiro atoms. The number of carboxylic acids is 1. The number of carbonyl (C=O) groups excluding carboxylic acids is 3. The number of hydrogen-bond acceptors (Lipinski definition) is 11. The number of aliphatic carboxylic acids is 1. The van der Waals surface area contributed by atoms with Crippen molar-refractivity contribution in [3.63, 3.8) is 0 Å². The number of halogens is 6. The third-order valence-electron chi connectivity index (χ3n) is 11.2. The first kappa shape index (κ1) is 60.4. The first-order chi connectivity index (χ1) is 34.3. The third kappa shape index (κ3) is 17.7. The van der Waals surface area contributed by atoms with Crippen molar-refractivity contribution in [1.82, 2.24) is 24.4 Å². The van der Waals surface area contributed by atoms with E-state index in [2.05, 4.69) is 46.0 Å². The standard InChI is InChI=1S/C26H26F3N3O4.C17H20N2O2.C9H8F3NO3.CH4/c1-16-7-6-8-17(2)24(16)19-11-18(14-30-15-19)20(12-23(34)36-3)31-25(35)21(13-26(27,28)29)32-10-5-4-9-22(32)33;1-11-5-4-6-12(2)17(11)14-7-13(9-19-10-14)15(18)8-16(20)21-3;10-9(11,12)5-6(8(15)16)13-4-2-1-3-7(13)14;/h4-11,14-15,20-21H,12-13H2,1-3H3,(H,31,35);4-7,9-10,15H,8,18H2,1-3H3;1-4,6H,5H2,(H,15,16);1H4. The molecule has 4 unspecified atom stereocenters. The van der Waals surface area contributed by atoms with E-state index in [9.17, 15) is 55.1 Å². The molecule has 21 heteroatoms. The summed E-state index contributed by atoms with van der Waals surface area (Å²) < 4.78 is 87.0. The van der Waals surface area contributed by atoms with E-state index >= 15 is 0 Å². The van der Waals surface area contributed by atoms with Gasteiger partial charge >= 0.3 is 30.3 Å². The number of esters is 2. The van der Waals surface area contributed by atoms with Gasteiger partial charge in [0.25, 0.3) is 11.1 Å². The fourth-order valence-corrected chi connectivity index (χ4v) is 7.73. The number of nitrogens with one attached hydrogen (secondary N) is 1. The van der Waals surface area contributed by atoms with Gasteiger partial charge in [-0.1, -0.05) is 56.0 Å². The molecule has 0 aliphatic heterocycles. The topological polar surface area (TPSA) is 215 Å². The molecule has 2 aromatic carbocycles. The molecule has 74 heavy (non-hydrogen) atoms. The largest absolute Gasteiger partial charge is 0.480 e. The van der Waals surface area contributed by atoms with Crippen molar-refractivity contribution in [2.24, 2.45) is 5.73 Å². The Labute approximate surface area is 423 Å². The molecular weight excluding hydrogens is 979 g/mol. The summed E-state index contributed by atoms with van der Waals surface area (Å²) in [5.74, 6) is -3.75. The van der Waals surface area contributed by atoms with Gasteiger partial charge in [-0.15, -0.1) is 0 Å². The molecule has 396 valence electrons. The fraction of sp³-hybridized carbons (Fsp3) is 0.321. The Hall–Kier alpha value is -7.94. The molecule has 0 aliphatic rings. The molecule has 0 aliphatic carbocycles. The van der Waals surface area contributed by atoms with E-state index < -0.39 is 78.3 Å². The van der Waals surface area contributed by atoms with Crippen LogP contribution in [0.2, 0.25) is 0 Å². The molecule has 0 radical (unpaired) electrons. The zero-order valence-corrected chi connectivity index (χ0v) is 40.5. The van der Waals surface area contributed by atoms with Crippen molar-refractivity contribution in [3.05, 3.63) is 176 Å². The summed E-state index contributed by atoms with van der Waals surface area (Å²) in [7, 11) is 2.53. The normalized spacial score (nSPS) is 12.7. The van der Waals surface area contributed by atoms with Crippen LogP contribution in [0.5, 0.6) is 0 Å². The number of ether oxygens (including phenoxy) is 2. The number of benzene rings is 2. The van der Waals surface area contributed by atoms with Gasteiger partial charge in [-0.2, -0.15) is 26.3 Å². The predicted molar refractivity (Wildman–Crippen MR) is 265 cm³/mol. The lowest BCUT2D eigenvalue weighted by molar-refractivity contribution is -0.161. The Bertz CT molecular complexity index is 2950. The molecule has 4 N–H and O–H groups in total. The summed E-state index contributed by atoms with van der Waals surface area (Å²) in [6, 6.07) is 17.9. The van der Waals surface area contributed by atoms with Gasteiger partial charge in [-0.3, -0.25) is 33.9 Å². The number of carbonyl (C=O) groups is 4. The highest BCUT2D eigenvalue weighted by Crippen LogP contribution is 2.33. The second-order valence-corrected chi connectivity index (χ2v) is 16.7. The monoisotopic (exact) mass is 1040 g/mol. The van der Waals surface area contributed by atoms with Crippen LogP contribution >= 0.6 is 0 Å². The number of hydrogen-bond donors (Lipinski definition) is 3. The Morgan fingerprint density at radius 1 is 0.622 bits per heavy atom. The number of rotatable bonds is 15. The maximum atomic E-state index is 13.3. The molecule has 1 amide bonds. The van der Waals surface area contributed by atoms with Gasteiger partial charge in [-0.25, -0.2) is 4.79 Å². The lowest BCUT2D eigenvalue weighted by Gasteiger charge is -2.25. The molecule has 4 atom stereocenters. The number of amides is 1. The van der Waals surface area contributed by atoms with Gasteiger partial charge in [0, 0.05) is 66.5 Å². The molecule has 0 saturated carbocycles. The van der Waals surface area contributed by atoms with Gasteiger partial charge in [0.05, 0.1) is 45.9 Å². The van der Waals surface area contributed by atoms with Crippen LogP contribution < -0.4 is 22.2 Å². The average molecular weight is 1040 g/mol. The molecule has 4 aromatic heterocycles. The van der Waals surface area contributed by atoms with Crippen molar-refractivity contribution in [2.45, 2.75) is 97.3 Å². The first-order valence-electron chi connectivity index (χ1n) is 22.3. The van der Waals surface area contributed by atoms with Gasteiger partial charge in [0.1, 0.15) is 12.1 Å². The lowest BCUT2D eigenvalue weighted by atomic mass is 9.94. The summed E-state index contributed by atoms with van der Waals surface area (Å²) >= 11 is 0. The average Bonchev–Trinajstić information content (AvgIpc) is 3.32. The number of methoxy groups -OCH3 is 2. The Morgan fingerprint density at radius 2 is 1.03 bits per heavy atom. The molecule has 0 bridgehead atoms. The van der Waals surface area contributed by atoms with E-state index in [1.165, 1.54) is 55.8 Å². The summed E-state index contributed by atoms with van der Waals surface area (Å²) in [5, 5.41) is 11.2. The second kappa shape index (κ2) is 27.2. The van der Waals surface area contributed by atoms with Crippen LogP contribution in [-0.2, 0) is 28.7 Å². The molecule has 4 heterocycles. The number of aryl methyl sites for hydroxylation is 4. The van der Waals surface area contributed by atoms with Crippen LogP contribution in [-0.4, -0.2) is 74.6 Å². The zero-order chi connectivity index (χ0) is 54.2. The summed E-state index contributed by atoms with van der Waals surface area (Å²) in [5.41, 5.74) is 13.9. The van der Waals surface area contributed by atoms with Crippen molar-refractivity contribution >= 4 is 23.8 Å². The molecule has 15 nitrogen and oxygen atoms in total. The number of carboxylic acid groups (broad SMARTS) is 1. The Balaban J connectivity index is 0.000000321. The number of pyridine rings is 4. The quantitative estimate of drug-likeness (QED) is 0.0648. The Kier molecular flexibility index (Phi) is 22.2. The third-order valence-corrected chi connectivity index (χ3v) is 11.2. The van der Waals surface area contributed by atoms with E-state index in [0.29, 0.717) is 10.1 Å². The van der Waals surface area contributed by atoms with Gasteiger partial charge in [-0.05, 0) is 96.5 Å².